The van der Waals surface area contributed by atoms with Crippen molar-refractivity contribution in [1.82, 2.24) is 4.90 Å². The van der Waals surface area contributed by atoms with Crippen LogP contribution in [0.15, 0.2) is 0 Å². The minimum atomic E-state index is 0. The molecule has 1 saturated heterocycles. The van der Waals surface area contributed by atoms with Gasteiger partial charge >= 0.3 is 0 Å². The van der Waals surface area contributed by atoms with Gasteiger partial charge in [0.15, 0.2) is 0 Å². The van der Waals surface area contributed by atoms with Gasteiger partial charge in [-0.25, -0.2) is 0 Å². The van der Waals surface area contributed by atoms with Gasteiger partial charge in [0.2, 0.25) is 5.91 Å². The molecule has 0 aliphatic carbocycles. The third-order valence-electron chi connectivity index (χ3n) is 4.19. The molecular weight excluding hydrogens is 260 g/mol. The van der Waals surface area contributed by atoms with E-state index < -0.39 is 0 Å². The van der Waals surface area contributed by atoms with Crippen molar-refractivity contribution in [3.63, 3.8) is 0 Å². The molecule has 1 aliphatic rings. The first-order chi connectivity index (χ1) is 8.61. The van der Waals surface area contributed by atoms with Crippen LogP contribution >= 0.6 is 12.4 Å². The second kappa shape index (κ2) is 9.60. The SMILES string of the molecule is CCCCC(CC)C(=O)N1CCCCC1C(C)N.Cl. The lowest BCUT2D eigenvalue weighted by Crippen LogP contribution is -2.53. The Bertz CT molecular complexity index is 259. The van der Waals surface area contributed by atoms with E-state index in [0.717, 1.165) is 38.6 Å². The van der Waals surface area contributed by atoms with Gasteiger partial charge < -0.3 is 10.6 Å². The van der Waals surface area contributed by atoms with Crippen molar-refractivity contribution in [1.29, 1.82) is 0 Å². The quantitative estimate of drug-likeness (QED) is 0.815. The highest BCUT2D eigenvalue weighted by Gasteiger charge is 2.32. The van der Waals surface area contributed by atoms with Crippen molar-refractivity contribution in [2.24, 2.45) is 11.7 Å². The lowest BCUT2D eigenvalue weighted by atomic mass is 9.92. The van der Waals surface area contributed by atoms with Crippen LogP contribution in [0.5, 0.6) is 0 Å². The smallest absolute Gasteiger partial charge is 0.225 e. The maximum atomic E-state index is 12.6. The molecule has 0 aromatic rings. The monoisotopic (exact) mass is 290 g/mol. The summed E-state index contributed by atoms with van der Waals surface area (Å²) in [6.07, 6.45) is 7.74. The molecule has 0 radical (unpaired) electrons. The predicted octanol–water partition coefficient (Wildman–Crippen LogP) is 3.35. The first kappa shape index (κ1) is 18.7. The maximum Gasteiger partial charge on any atom is 0.225 e. The number of unbranched alkanes of at least 4 members (excludes halogenated alkanes) is 1. The second-order valence-electron chi connectivity index (χ2n) is 5.70. The first-order valence-corrected chi connectivity index (χ1v) is 7.67. The van der Waals surface area contributed by atoms with Crippen molar-refractivity contribution in [3.05, 3.63) is 0 Å². The summed E-state index contributed by atoms with van der Waals surface area (Å²) in [6, 6.07) is 0.361. The Hall–Kier alpha value is -0.280. The zero-order valence-corrected chi connectivity index (χ0v) is 13.5. The van der Waals surface area contributed by atoms with Gasteiger partial charge in [-0.1, -0.05) is 26.7 Å². The van der Waals surface area contributed by atoms with Crippen molar-refractivity contribution in [2.75, 3.05) is 6.54 Å². The Labute approximate surface area is 124 Å². The number of hydrogen-bond donors (Lipinski definition) is 1. The fourth-order valence-corrected chi connectivity index (χ4v) is 2.96. The molecule has 114 valence electrons. The summed E-state index contributed by atoms with van der Waals surface area (Å²) < 4.78 is 0. The standard InChI is InChI=1S/C15H30N2O.ClH/c1-4-6-9-13(5-2)15(18)17-11-8-7-10-14(17)12(3)16;/h12-14H,4-11,16H2,1-3H3;1H. The maximum absolute atomic E-state index is 12.6. The minimum Gasteiger partial charge on any atom is -0.338 e. The van der Waals surface area contributed by atoms with Crippen LogP contribution in [0.1, 0.15) is 65.7 Å². The number of nitrogens with two attached hydrogens (primary N) is 1. The third-order valence-corrected chi connectivity index (χ3v) is 4.19. The predicted molar refractivity (Wildman–Crippen MR) is 83.6 cm³/mol. The third kappa shape index (κ3) is 5.31. The highest BCUT2D eigenvalue weighted by atomic mass is 35.5. The molecule has 3 atom stereocenters. The van der Waals surface area contributed by atoms with Gasteiger partial charge in [-0.2, -0.15) is 0 Å². The Kier molecular flexibility index (Phi) is 9.46. The highest BCUT2D eigenvalue weighted by Crippen LogP contribution is 2.24. The van der Waals surface area contributed by atoms with E-state index in [1.54, 1.807) is 0 Å². The molecule has 3 unspecified atom stereocenters. The molecule has 1 heterocycles. The van der Waals surface area contributed by atoms with Crippen LogP contribution in [0.25, 0.3) is 0 Å². The van der Waals surface area contributed by atoms with E-state index in [9.17, 15) is 4.79 Å². The van der Waals surface area contributed by atoms with E-state index in [-0.39, 0.29) is 30.4 Å². The molecule has 3 nitrogen and oxygen atoms in total. The number of likely N-dealkylation sites (tertiary alicyclic amines) is 1. The summed E-state index contributed by atoms with van der Waals surface area (Å²) in [6.45, 7) is 7.25. The van der Waals surface area contributed by atoms with Crippen LogP contribution in [-0.4, -0.2) is 29.4 Å². The largest absolute Gasteiger partial charge is 0.338 e. The molecule has 4 heteroatoms. The van der Waals surface area contributed by atoms with Crippen molar-refractivity contribution >= 4 is 18.3 Å². The fourth-order valence-electron chi connectivity index (χ4n) is 2.96. The van der Waals surface area contributed by atoms with E-state index in [0.29, 0.717) is 5.91 Å². The van der Waals surface area contributed by atoms with Gasteiger partial charge in [-0.15, -0.1) is 12.4 Å². The summed E-state index contributed by atoms with van der Waals surface area (Å²) in [5.41, 5.74) is 6.04. The number of amides is 1. The molecule has 0 aromatic carbocycles. The number of carbonyl (C=O) groups excluding carboxylic acids is 1. The first-order valence-electron chi connectivity index (χ1n) is 7.67. The molecule has 1 fully saturated rings. The highest BCUT2D eigenvalue weighted by molar-refractivity contribution is 5.85. The molecule has 1 amide bonds. The van der Waals surface area contributed by atoms with Gasteiger partial charge in [0.1, 0.15) is 0 Å². The fraction of sp³-hybridized carbons (Fsp3) is 0.933. The average molecular weight is 291 g/mol. The second-order valence-corrected chi connectivity index (χ2v) is 5.70. The molecule has 0 bridgehead atoms. The van der Waals surface area contributed by atoms with Crippen LogP contribution in [0.4, 0.5) is 0 Å². The van der Waals surface area contributed by atoms with E-state index in [1.165, 1.54) is 12.8 Å². The molecule has 2 N–H and O–H groups in total. The molecular formula is C15H31ClN2O. The molecule has 1 aliphatic heterocycles. The zero-order valence-electron chi connectivity index (χ0n) is 12.7. The van der Waals surface area contributed by atoms with Crippen molar-refractivity contribution in [2.45, 2.75) is 77.8 Å². The van der Waals surface area contributed by atoms with Crippen molar-refractivity contribution < 1.29 is 4.79 Å². The molecule has 0 saturated carbocycles. The van der Waals surface area contributed by atoms with Crippen LogP contribution in [0, 0.1) is 5.92 Å². The Balaban J connectivity index is 0.00000324. The van der Waals surface area contributed by atoms with E-state index in [1.807, 2.05) is 6.92 Å². The Morgan fingerprint density at radius 1 is 1.37 bits per heavy atom. The lowest BCUT2D eigenvalue weighted by Gasteiger charge is -2.40. The topological polar surface area (TPSA) is 46.3 Å². The zero-order chi connectivity index (χ0) is 13.5. The molecule has 0 spiro atoms. The summed E-state index contributed by atoms with van der Waals surface area (Å²) in [4.78, 5) is 14.7. The molecule has 0 aromatic heterocycles. The average Bonchev–Trinajstić information content (AvgIpc) is 2.39. The van der Waals surface area contributed by atoms with Crippen molar-refractivity contribution in [3.8, 4) is 0 Å². The number of halogens is 1. The number of carbonyl (C=O) groups is 1. The molecule has 1 rings (SSSR count). The van der Waals surface area contributed by atoms with E-state index >= 15 is 0 Å². The number of piperidine rings is 1. The summed E-state index contributed by atoms with van der Waals surface area (Å²) in [7, 11) is 0. The number of rotatable bonds is 6. The van der Waals surface area contributed by atoms with Gasteiger partial charge in [-0.3, -0.25) is 4.79 Å². The van der Waals surface area contributed by atoms with Gasteiger partial charge in [0.25, 0.3) is 0 Å². The lowest BCUT2D eigenvalue weighted by molar-refractivity contribution is -0.140. The summed E-state index contributed by atoms with van der Waals surface area (Å²) in [5, 5.41) is 0. The van der Waals surface area contributed by atoms with Gasteiger partial charge in [0, 0.05) is 24.5 Å². The Morgan fingerprint density at radius 3 is 2.58 bits per heavy atom. The van der Waals surface area contributed by atoms with Crippen LogP contribution < -0.4 is 5.73 Å². The molecule has 19 heavy (non-hydrogen) atoms. The van der Waals surface area contributed by atoms with Gasteiger partial charge in [-0.05, 0) is 39.0 Å². The number of hydrogen-bond acceptors (Lipinski definition) is 2. The van der Waals surface area contributed by atoms with Crippen LogP contribution in [-0.2, 0) is 4.79 Å². The van der Waals surface area contributed by atoms with Crippen LogP contribution in [0.3, 0.4) is 0 Å². The summed E-state index contributed by atoms with van der Waals surface area (Å²) >= 11 is 0. The minimum absolute atomic E-state index is 0. The van der Waals surface area contributed by atoms with E-state index in [2.05, 4.69) is 18.7 Å². The normalized spacial score (nSPS) is 22.5. The van der Waals surface area contributed by atoms with Crippen LogP contribution in [0.2, 0.25) is 0 Å². The van der Waals surface area contributed by atoms with Gasteiger partial charge in [0.05, 0.1) is 0 Å². The Morgan fingerprint density at radius 2 is 2.05 bits per heavy atom. The van der Waals surface area contributed by atoms with E-state index in [4.69, 9.17) is 5.73 Å². The summed E-state index contributed by atoms with van der Waals surface area (Å²) in [5.74, 6) is 0.567. The number of nitrogens with zero attached hydrogens (tertiary/aromatic N) is 1.